The van der Waals surface area contributed by atoms with Crippen LogP contribution >= 0.6 is 0 Å². The van der Waals surface area contributed by atoms with E-state index in [-0.39, 0.29) is 11.9 Å². The lowest BCUT2D eigenvalue weighted by Crippen LogP contribution is -2.44. The lowest BCUT2D eigenvalue weighted by Gasteiger charge is -2.32. The van der Waals surface area contributed by atoms with Gasteiger partial charge >= 0.3 is 11.9 Å². The summed E-state index contributed by atoms with van der Waals surface area (Å²) < 4.78 is 17.5. The summed E-state index contributed by atoms with van der Waals surface area (Å²) in [6.45, 7) is 18.2. The van der Waals surface area contributed by atoms with Crippen molar-refractivity contribution in [1.29, 1.82) is 0 Å². The Morgan fingerprint density at radius 3 is 1.68 bits per heavy atom. The zero-order valence-electron chi connectivity index (χ0n) is 37.4. The molecule has 0 aromatic heterocycles. The molecule has 56 heavy (non-hydrogen) atoms. The summed E-state index contributed by atoms with van der Waals surface area (Å²) in [6.07, 6.45) is 33.9. The van der Waals surface area contributed by atoms with Gasteiger partial charge in [0.15, 0.2) is 0 Å². The quantitative estimate of drug-likeness (QED) is 0.0349. The van der Waals surface area contributed by atoms with Crippen molar-refractivity contribution in [1.82, 2.24) is 9.80 Å². The van der Waals surface area contributed by atoms with Crippen molar-refractivity contribution in [2.45, 2.75) is 207 Å². The highest BCUT2D eigenvalue weighted by Crippen LogP contribution is 2.19. The van der Waals surface area contributed by atoms with Gasteiger partial charge in [-0.1, -0.05) is 141 Å². The van der Waals surface area contributed by atoms with E-state index in [1.165, 1.54) is 148 Å². The molecule has 0 bridgehead atoms. The summed E-state index contributed by atoms with van der Waals surface area (Å²) in [7, 11) is 2.22. The number of nitrogens with zero attached hydrogens (tertiary/aromatic N) is 2. The molecular formula is C49H90N2O5. The van der Waals surface area contributed by atoms with E-state index in [1.54, 1.807) is 0 Å². The summed E-state index contributed by atoms with van der Waals surface area (Å²) in [5.41, 5.74) is 5.68. The van der Waals surface area contributed by atoms with E-state index in [9.17, 15) is 9.59 Å². The smallest absolute Gasteiger partial charge is 0.305 e. The Labute approximate surface area is 346 Å². The lowest BCUT2D eigenvalue weighted by atomic mass is 9.99. The molecule has 326 valence electrons. The average Bonchev–Trinajstić information content (AvgIpc) is 3.19. The molecule has 3 atom stereocenters. The maximum atomic E-state index is 12.2. The van der Waals surface area contributed by atoms with Crippen LogP contribution in [0.25, 0.3) is 0 Å². The van der Waals surface area contributed by atoms with E-state index < -0.39 is 0 Å². The van der Waals surface area contributed by atoms with Crippen LogP contribution in [-0.2, 0) is 23.8 Å². The Bertz CT molecular complexity index is 998. The van der Waals surface area contributed by atoms with Gasteiger partial charge in [0.1, 0.15) is 0 Å². The van der Waals surface area contributed by atoms with Crippen LogP contribution in [0.15, 0.2) is 24.1 Å². The van der Waals surface area contributed by atoms with Gasteiger partial charge in [0, 0.05) is 45.6 Å². The second kappa shape index (κ2) is 38.6. The van der Waals surface area contributed by atoms with Crippen molar-refractivity contribution in [3.05, 3.63) is 24.1 Å². The highest BCUT2D eigenvalue weighted by Gasteiger charge is 2.14. The zero-order valence-corrected chi connectivity index (χ0v) is 37.4. The van der Waals surface area contributed by atoms with E-state index in [0.29, 0.717) is 44.0 Å². The van der Waals surface area contributed by atoms with Gasteiger partial charge in [0.25, 0.3) is 0 Å². The van der Waals surface area contributed by atoms with Gasteiger partial charge < -0.3 is 24.0 Å². The maximum absolute atomic E-state index is 12.2. The molecule has 7 nitrogen and oxygen atoms in total. The standard InChI is InChI=1S/C49H90N2O5/c1-6-9-28-45(4)35-43-55-48(52)33-24-20-16-12-14-18-22-31-47(54-42-27-26-37-51-40-38-50(5)39-41-51)32-23-19-15-13-17-21-25-34-49(53)56-44-36-46(29-10-7-2)30-11-8-3/h29,45-47H,2,6,8-9,11-28,30-44H2,1,3-5H3. The number of hydrogen-bond donors (Lipinski definition) is 0. The van der Waals surface area contributed by atoms with E-state index in [1.807, 2.05) is 6.08 Å². The molecule has 0 N–H and O–H groups in total. The van der Waals surface area contributed by atoms with E-state index >= 15 is 0 Å². The average molecular weight is 787 g/mol. The molecule has 1 fully saturated rings. The molecule has 1 rings (SSSR count). The molecule has 0 aromatic rings. The second-order valence-corrected chi connectivity index (χ2v) is 17.0. The van der Waals surface area contributed by atoms with E-state index in [2.05, 4.69) is 55.7 Å². The Morgan fingerprint density at radius 1 is 0.607 bits per heavy atom. The first-order valence-corrected chi connectivity index (χ1v) is 23.8. The summed E-state index contributed by atoms with van der Waals surface area (Å²) in [4.78, 5) is 29.3. The Kier molecular flexibility index (Phi) is 36.0. The first-order valence-electron chi connectivity index (χ1n) is 23.8. The van der Waals surface area contributed by atoms with Crippen LogP contribution in [0.1, 0.15) is 201 Å². The van der Waals surface area contributed by atoms with Crippen molar-refractivity contribution in [2.24, 2.45) is 11.8 Å². The summed E-state index contributed by atoms with van der Waals surface area (Å²) in [6, 6.07) is 0. The van der Waals surface area contributed by atoms with E-state index in [4.69, 9.17) is 14.2 Å². The van der Waals surface area contributed by atoms with Crippen LogP contribution < -0.4 is 0 Å². The van der Waals surface area contributed by atoms with Crippen molar-refractivity contribution in [3.8, 4) is 0 Å². The number of unbranched alkanes of at least 4 members (excludes halogenated alkanes) is 15. The molecule has 0 amide bonds. The molecule has 1 saturated heterocycles. The van der Waals surface area contributed by atoms with E-state index in [0.717, 1.165) is 58.0 Å². The Balaban J connectivity index is 2.19. The fraction of sp³-hybridized carbons (Fsp3) is 0.878. The number of likely N-dealkylation sites (N-methyl/N-ethyl adjacent to an activating group) is 1. The van der Waals surface area contributed by atoms with Gasteiger partial charge in [-0.2, -0.15) is 0 Å². The van der Waals surface area contributed by atoms with Gasteiger partial charge in [-0.3, -0.25) is 9.59 Å². The van der Waals surface area contributed by atoms with Crippen molar-refractivity contribution in [3.63, 3.8) is 0 Å². The first kappa shape index (κ1) is 52.1. The lowest BCUT2D eigenvalue weighted by molar-refractivity contribution is -0.145. The topological polar surface area (TPSA) is 68.3 Å². The Morgan fingerprint density at radius 2 is 1.12 bits per heavy atom. The normalized spacial score (nSPS) is 15.1. The van der Waals surface area contributed by atoms with Crippen LogP contribution in [0.3, 0.4) is 0 Å². The number of piperazine rings is 1. The third-order valence-electron chi connectivity index (χ3n) is 11.7. The van der Waals surface area contributed by atoms with Crippen LogP contribution in [0.4, 0.5) is 0 Å². The molecule has 1 heterocycles. The van der Waals surface area contributed by atoms with Gasteiger partial charge in [-0.25, -0.2) is 0 Å². The minimum atomic E-state index is -0.0554. The number of carbonyl (C=O) groups excluding carboxylic acids is 2. The van der Waals surface area contributed by atoms with Crippen LogP contribution in [0, 0.1) is 11.8 Å². The summed E-state index contributed by atoms with van der Waals surface area (Å²) >= 11 is 0. The zero-order chi connectivity index (χ0) is 40.7. The SMILES string of the molecule is C=C=C=CC(CCCC)CCOC(=O)CCCCCCCCCC(CCCCCCCCCC(=O)OCCC(C)CCCC)OCCCCN1CCN(C)CC1. The molecule has 7 heteroatoms. The summed E-state index contributed by atoms with van der Waals surface area (Å²) in [5, 5.41) is 0. The first-order chi connectivity index (χ1) is 27.4. The molecule has 0 radical (unpaired) electrons. The van der Waals surface area contributed by atoms with Crippen molar-refractivity contribution in [2.75, 3.05) is 59.6 Å². The van der Waals surface area contributed by atoms with Crippen LogP contribution in [0.2, 0.25) is 0 Å². The molecular weight excluding hydrogens is 697 g/mol. The number of carbonyl (C=O) groups is 2. The number of allylic oxidation sites excluding steroid dienone is 1. The number of hydrogen-bond acceptors (Lipinski definition) is 7. The summed E-state index contributed by atoms with van der Waals surface area (Å²) in [5.74, 6) is 0.960. The van der Waals surface area contributed by atoms with Gasteiger partial charge in [0.05, 0.1) is 19.3 Å². The molecule has 3 unspecified atom stereocenters. The fourth-order valence-electron chi connectivity index (χ4n) is 7.61. The van der Waals surface area contributed by atoms with Crippen LogP contribution in [0.5, 0.6) is 0 Å². The Hall–Kier alpha value is -1.88. The number of esters is 2. The highest BCUT2D eigenvalue weighted by atomic mass is 16.5. The molecule has 0 aromatic carbocycles. The van der Waals surface area contributed by atoms with Gasteiger partial charge in [-0.05, 0) is 95.9 Å². The molecule has 0 saturated carbocycles. The largest absolute Gasteiger partial charge is 0.466 e. The number of rotatable bonds is 39. The predicted octanol–water partition coefficient (Wildman–Crippen LogP) is 12.4. The fourth-order valence-corrected chi connectivity index (χ4v) is 7.61. The minimum absolute atomic E-state index is 0.0127. The maximum Gasteiger partial charge on any atom is 0.305 e. The highest BCUT2D eigenvalue weighted by molar-refractivity contribution is 5.69. The van der Waals surface area contributed by atoms with Crippen molar-refractivity contribution >= 4 is 11.9 Å². The molecule has 0 spiro atoms. The minimum Gasteiger partial charge on any atom is -0.466 e. The number of ether oxygens (including phenoxy) is 3. The monoisotopic (exact) mass is 787 g/mol. The molecule has 1 aliphatic rings. The molecule has 0 aliphatic carbocycles. The van der Waals surface area contributed by atoms with Crippen molar-refractivity contribution < 1.29 is 23.8 Å². The predicted molar refractivity (Wildman–Crippen MR) is 236 cm³/mol. The third-order valence-corrected chi connectivity index (χ3v) is 11.7. The molecule has 1 aliphatic heterocycles. The van der Waals surface area contributed by atoms with Gasteiger partial charge in [-0.15, -0.1) is 0 Å². The second-order valence-electron chi connectivity index (χ2n) is 17.0. The third kappa shape index (κ3) is 33.1. The van der Waals surface area contributed by atoms with Gasteiger partial charge in [0.2, 0.25) is 0 Å². The van der Waals surface area contributed by atoms with Crippen LogP contribution in [-0.4, -0.2) is 87.4 Å².